The number of furan rings is 1. The number of amides is 1. The maximum Gasteiger partial charge on any atom is 0.242 e. The van der Waals surface area contributed by atoms with Gasteiger partial charge in [-0.25, -0.2) is 4.39 Å². The Bertz CT molecular complexity index is 662. The molecule has 0 radical (unpaired) electrons. The number of halogens is 1. The zero-order valence-electron chi connectivity index (χ0n) is 11.4. The Morgan fingerprint density at radius 2 is 2.29 bits per heavy atom. The summed E-state index contributed by atoms with van der Waals surface area (Å²) in [7, 11) is 0. The summed E-state index contributed by atoms with van der Waals surface area (Å²) in [5, 5.41) is 14.1. The molecule has 1 amide bonds. The molecule has 1 heterocycles. The summed E-state index contributed by atoms with van der Waals surface area (Å²) in [6.07, 6.45) is 1.52. The number of anilines is 1. The van der Waals surface area contributed by atoms with E-state index in [1.54, 1.807) is 19.1 Å². The molecule has 6 heteroatoms. The average Bonchev–Trinajstić information content (AvgIpc) is 3.00. The molecular formula is C15H14FN3O2. The van der Waals surface area contributed by atoms with Crippen molar-refractivity contribution in [2.24, 2.45) is 0 Å². The van der Waals surface area contributed by atoms with Crippen molar-refractivity contribution in [3.8, 4) is 6.07 Å². The SMILES string of the molecule is CC(Nc1ccc(C#N)cc1F)C(=O)NCc1ccco1. The minimum atomic E-state index is -0.623. The van der Waals surface area contributed by atoms with E-state index in [1.165, 1.54) is 18.4 Å². The van der Waals surface area contributed by atoms with E-state index in [-0.39, 0.29) is 23.7 Å². The maximum atomic E-state index is 13.7. The zero-order chi connectivity index (χ0) is 15.2. The molecule has 5 nitrogen and oxygen atoms in total. The molecule has 2 aromatic rings. The smallest absolute Gasteiger partial charge is 0.242 e. The Morgan fingerprint density at radius 1 is 1.48 bits per heavy atom. The fraction of sp³-hybridized carbons (Fsp3) is 0.200. The van der Waals surface area contributed by atoms with Gasteiger partial charge in [0.25, 0.3) is 0 Å². The number of hydrogen-bond donors (Lipinski definition) is 2. The highest BCUT2D eigenvalue weighted by molar-refractivity contribution is 5.84. The molecule has 0 bridgehead atoms. The summed E-state index contributed by atoms with van der Waals surface area (Å²) in [6, 6.07) is 8.75. The number of hydrogen-bond acceptors (Lipinski definition) is 4. The Balaban J connectivity index is 1.93. The number of benzene rings is 1. The Hall–Kier alpha value is -2.81. The van der Waals surface area contributed by atoms with E-state index in [2.05, 4.69) is 10.6 Å². The van der Waals surface area contributed by atoms with E-state index in [1.807, 2.05) is 6.07 Å². The third kappa shape index (κ3) is 3.83. The average molecular weight is 287 g/mol. The zero-order valence-corrected chi connectivity index (χ0v) is 11.4. The molecular weight excluding hydrogens is 273 g/mol. The highest BCUT2D eigenvalue weighted by Gasteiger charge is 2.14. The van der Waals surface area contributed by atoms with Crippen LogP contribution in [0.5, 0.6) is 0 Å². The minimum absolute atomic E-state index is 0.176. The van der Waals surface area contributed by atoms with E-state index in [0.717, 1.165) is 6.07 Å². The third-order valence-electron chi connectivity index (χ3n) is 2.88. The van der Waals surface area contributed by atoms with Gasteiger partial charge in [-0.3, -0.25) is 4.79 Å². The van der Waals surface area contributed by atoms with Crippen molar-refractivity contribution in [2.75, 3.05) is 5.32 Å². The molecule has 0 aliphatic rings. The first kappa shape index (κ1) is 14.6. The molecule has 0 fully saturated rings. The molecule has 0 aliphatic heterocycles. The van der Waals surface area contributed by atoms with Gasteiger partial charge in [-0.15, -0.1) is 0 Å². The summed E-state index contributed by atoms with van der Waals surface area (Å²) < 4.78 is 18.8. The molecule has 1 aromatic carbocycles. The lowest BCUT2D eigenvalue weighted by molar-refractivity contribution is -0.121. The molecule has 108 valence electrons. The summed E-state index contributed by atoms with van der Waals surface area (Å²) in [5.74, 6) is -0.213. The Labute approximate surface area is 121 Å². The molecule has 1 unspecified atom stereocenters. The first-order valence-corrected chi connectivity index (χ1v) is 6.36. The van der Waals surface area contributed by atoms with Crippen molar-refractivity contribution >= 4 is 11.6 Å². The summed E-state index contributed by atoms with van der Waals surface area (Å²) >= 11 is 0. The standard InChI is InChI=1S/C15H14FN3O2/c1-10(15(20)18-9-12-3-2-6-21-12)19-14-5-4-11(8-17)7-13(14)16/h2-7,10,19H,9H2,1H3,(H,18,20). The molecule has 1 aromatic heterocycles. The monoisotopic (exact) mass is 287 g/mol. The first-order valence-electron chi connectivity index (χ1n) is 6.36. The quantitative estimate of drug-likeness (QED) is 0.885. The van der Waals surface area contributed by atoms with Crippen molar-refractivity contribution in [1.29, 1.82) is 5.26 Å². The van der Waals surface area contributed by atoms with Gasteiger partial charge in [0.05, 0.1) is 30.1 Å². The number of rotatable bonds is 5. The van der Waals surface area contributed by atoms with Crippen LogP contribution in [0.4, 0.5) is 10.1 Å². The molecule has 0 saturated heterocycles. The van der Waals surface area contributed by atoms with Crippen molar-refractivity contribution in [1.82, 2.24) is 5.32 Å². The number of carbonyl (C=O) groups excluding carboxylic acids is 1. The first-order chi connectivity index (χ1) is 10.1. The molecule has 0 spiro atoms. The van der Waals surface area contributed by atoms with Crippen LogP contribution in [0.15, 0.2) is 41.0 Å². The predicted molar refractivity (Wildman–Crippen MR) is 74.8 cm³/mol. The van der Waals surface area contributed by atoms with E-state index >= 15 is 0 Å². The van der Waals surface area contributed by atoms with Crippen molar-refractivity contribution in [3.05, 3.63) is 53.7 Å². The van der Waals surface area contributed by atoms with Crippen LogP contribution < -0.4 is 10.6 Å². The lowest BCUT2D eigenvalue weighted by atomic mass is 10.2. The number of carbonyl (C=O) groups is 1. The van der Waals surface area contributed by atoms with Crippen LogP contribution in [0, 0.1) is 17.1 Å². The van der Waals surface area contributed by atoms with Gasteiger partial charge in [-0.05, 0) is 37.3 Å². The van der Waals surface area contributed by atoms with Gasteiger partial charge in [-0.2, -0.15) is 5.26 Å². The number of nitrogens with one attached hydrogen (secondary N) is 2. The third-order valence-corrected chi connectivity index (χ3v) is 2.88. The fourth-order valence-electron chi connectivity index (χ4n) is 1.74. The Morgan fingerprint density at radius 3 is 2.90 bits per heavy atom. The number of nitriles is 1. The largest absolute Gasteiger partial charge is 0.467 e. The van der Waals surface area contributed by atoms with Gasteiger partial charge in [0, 0.05) is 0 Å². The second kappa shape index (κ2) is 6.57. The highest BCUT2D eigenvalue weighted by Crippen LogP contribution is 2.16. The minimum Gasteiger partial charge on any atom is -0.467 e. The lowest BCUT2D eigenvalue weighted by Gasteiger charge is -2.15. The second-order valence-corrected chi connectivity index (χ2v) is 4.47. The van der Waals surface area contributed by atoms with Crippen LogP contribution >= 0.6 is 0 Å². The van der Waals surface area contributed by atoms with Crippen LogP contribution in [-0.4, -0.2) is 11.9 Å². The van der Waals surface area contributed by atoms with Gasteiger partial charge < -0.3 is 15.1 Å². The van der Waals surface area contributed by atoms with Gasteiger partial charge in [-0.1, -0.05) is 0 Å². The summed E-state index contributed by atoms with van der Waals surface area (Å²) in [5.41, 5.74) is 0.405. The molecule has 0 aliphatic carbocycles. The fourth-order valence-corrected chi connectivity index (χ4v) is 1.74. The van der Waals surface area contributed by atoms with E-state index < -0.39 is 11.9 Å². The van der Waals surface area contributed by atoms with Gasteiger partial charge in [0.1, 0.15) is 17.6 Å². The van der Waals surface area contributed by atoms with Crippen LogP contribution in [0.25, 0.3) is 0 Å². The predicted octanol–water partition coefficient (Wildman–Crippen LogP) is 2.41. The van der Waals surface area contributed by atoms with Crippen molar-refractivity contribution in [3.63, 3.8) is 0 Å². The number of nitrogens with zero attached hydrogens (tertiary/aromatic N) is 1. The normalized spacial score (nSPS) is 11.5. The summed E-state index contributed by atoms with van der Waals surface area (Å²) in [6.45, 7) is 1.89. The van der Waals surface area contributed by atoms with Crippen molar-refractivity contribution in [2.45, 2.75) is 19.5 Å². The molecule has 0 saturated carbocycles. The molecule has 2 rings (SSSR count). The van der Waals surface area contributed by atoms with E-state index in [0.29, 0.717) is 5.76 Å². The van der Waals surface area contributed by atoms with Crippen molar-refractivity contribution < 1.29 is 13.6 Å². The summed E-state index contributed by atoms with van der Waals surface area (Å²) in [4.78, 5) is 11.9. The van der Waals surface area contributed by atoms with Gasteiger partial charge in [0.15, 0.2) is 0 Å². The van der Waals surface area contributed by atoms with Crippen LogP contribution in [-0.2, 0) is 11.3 Å². The lowest BCUT2D eigenvalue weighted by Crippen LogP contribution is -2.37. The van der Waals surface area contributed by atoms with E-state index in [9.17, 15) is 9.18 Å². The maximum absolute atomic E-state index is 13.7. The molecule has 21 heavy (non-hydrogen) atoms. The van der Waals surface area contributed by atoms with Crippen LogP contribution in [0.3, 0.4) is 0 Å². The Kier molecular flexibility index (Phi) is 4.57. The topological polar surface area (TPSA) is 78.1 Å². The molecule has 1 atom stereocenters. The van der Waals surface area contributed by atoms with Gasteiger partial charge in [0.2, 0.25) is 5.91 Å². The van der Waals surface area contributed by atoms with Crippen LogP contribution in [0.2, 0.25) is 0 Å². The van der Waals surface area contributed by atoms with Crippen LogP contribution in [0.1, 0.15) is 18.2 Å². The second-order valence-electron chi connectivity index (χ2n) is 4.47. The highest BCUT2D eigenvalue weighted by atomic mass is 19.1. The molecule has 2 N–H and O–H groups in total. The van der Waals surface area contributed by atoms with Gasteiger partial charge >= 0.3 is 0 Å². The van der Waals surface area contributed by atoms with E-state index in [4.69, 9.17) is 9.68 Å².